The lowest BCUT2D eigenvalue weighted by atomic mass is 10.2. The minimum Gasteiger partial charge on any atom is -0.352 e. The van der Waals surface area contributed by atoms with Crippen molar-refractivity contribution < 1.29 is 4.79 Å². The number of anilines is 3. The van der Waals surface area contributed by atoms with Crippen LogP contribution in [0.1, 0.15) is 16.2 Å². The van der Waals surface area contributed by atoms with E-state index in [1.54, 1.807) is 12.4 Å². The van der Waals surface area contributed by atoms with Gasteiger partial charge < -0.3 is 15.1 Å². The van der Waals surface area contributed by atoms with Crippen molar-refractivity contribution in [2.45, 2.75) is 6.92 Å². The minimum absolute atomic E-state index is 0.0120. The molecule has 1 fully saturated rings. The van der Waals surface area contributed by atoms with Gasteiger partial charge in [0.15, 0.2) is 11.6 Å². The van der Waals surface area contributed by atoms with Crippen molar-refractivity contribution in [2.75, 3.05) is 36.4 Å². The summed E-state index contributed by atoms with van der Waals surface area (Å²) in [6.45, 7) is 4.52. The van der Waals surface area contributed by atoms with Crippen LogP contribution in [0.3, 0.4) is 0 Å². The second kappa shape index (κ2) is 8.02. The molecule has 1 saturated heterocycles. The molecule has 31 heavy (non-hydrogen) atoms. The highest BCUT2D eigenvalue weighted by Crippen LogP contribution is 2.19. The van der Waals surface area contributed by atoms with Gasteiger partial charge in [-0.1, -0.05) is 6.07 Å². The number of hydrogen-bond acceptors (Lipinski definition) is 7. The number of carbonyl (C=O) groups excluding carboxylic acids is 1. The third kappa shape index (κ3) is 3.77. The van der Waals surface area contributed by atoms with Gasteiger partial charge in [-0.2, -0.15) is 0 Å². The van der Waals surface area contributed by atoms with E-state index in [0.717, 1.165) is 22.8 Å². The van der Waals surface area contributed by atoms with Gasteiger partial charge in [0, 0.05) is 38.6 Å². The monoisotopic (exact) mass is 414 g/mol. The summed E-state index contributed by atoms with van der Waals surface area (Å²) in [4.78, 5) is 25.8. The Morgan fingerprint density at radius 3 is 2.61 bits per heavy atom. The highest BCUT2D eigenvalue weighted by Gasteiger charge is 2.26. The molecule has 0 bridgehead atoms. The van der Waals surface area contributed by atoms with E-state index in [1.807, 2.05) is 64.9 Å². The predicted octanol–water partition coefficient (Wildman–Crippen LogP) is 2.53. The molecule has 5 heterocycles. The fraction of sp³-hybridized carbons (Fsp3) is 0.227. The third-order valence-electron chi connectivity index (χ3n) is 5.38. The Kier molecular flexibility index (Phi) is 4.91. The number of aromatic nitrogens is 5. The number of carbonyl (C=O) groups is 1. The zero-order valence-corrected chi connectivity index (χ0v) is 17.1. The number of amides is 1. The Hall–Kier alpha value is -4.01. The highest BCUT2D eigenvalue weighted by molar-refractivity contribution is 5.94. The van der Waals surface area contributed by atoms with Crippen molar-refractivity contribution >= 4 is 28.9 Å². The summed E-state index contributed by atoms with van der Waals surface area (Å²) in [7, 11) is 0. The van der Waals surface area contributed by atoms with Crippen LogP contribution in [0.4, 0.5) is 17.3 Å². The molecule has 1 amide bonds. The average molecular weight is 414 g/mol. The van der Waals surface area contributed by atoms with Crippen molar-refractivity contribution in [3.05, 3.63) is 72.4 Å². The molecule has 9 heteroatoms. The number of fused-ring (bicyclic) bond motifs is 1. The molecule has 4 aromatic heterocycles. The summed E-state index contributed by atoms with van der Waals surface area (Å²) in [6, 6.07) is 13.4. The van der Waals surface area contributed by atoms with Crippen LogP contribution in [-0.2, 0) is 0 Å². The van der Waals surface area contributed by atoms with Crippen LogP contribution in [0.2, 0.25) is 0 Å². The molecule has 5 rings (SSSR count). The van der Waals surface area contributed by atoms with Gasteiger partial charge in [-0.3, -0.25) is 14.2 Å². The smallest absolute Gasteiger partial charge is 0.272 e. The molecule has 0 spiro atoms. The van der Waals surface area contributed by atoms with E-state index in [2.05, 4.69) is 30.4 Å². The molecular weight excluding hydrogens is 392 g/mol. The lowest BCUT2D eigenvalue weighted by Crippen LogP contribution is -2.49. The largest absolute Gasteiger partial charge is 0.352 e. The molecule has 1 N–H and O–H groups in total. The van der Waals surface area contributed by atoms with Gasteiger partial charge >= 0.3 is 0 Å². The van der Waals surface area contributed by atoms with Crippen molar-refractivity contribution in [3.63, 3.8) is 0 Å². The number of nitrogens with zero attached hydrogens (tertiary/aromatic N) is 7. The number of rotatable bonds is 4. The van der Waals surface area contributed by atoms with Crippen molar-refractivity contribution in [2.24, 2.45) is 0 Å². The SMILES string of the molecule is Cc1nc2ccccn2c1C(=O)N1CCN(c2ccc(Nc3cccnc3)nn2)CC1. The highest BCUT2D eigenvalue weighted by atomic mass is 16.2. The Bertz CT molecular complexity index is 1200. The zero-order valence-electron chi connectivity index (χ0n) is 17.1. The van der Waals surface area contributed by atoms with E-state index in [-0.39, 0.29) is 5.91 Å². The maximum absolute atomic E-state index is 13.2. The van der Waals surface area contributed by atoms with E-state index in [0.29, 0.717) is 37.7 Å². The summed E-state index contributed by atoms with van der Waals surface area (Å²) >= 11 is 0. The van der Waals surface area contributed by atoms with Crippen molar-refractivity contribution in [1.82, 2.24) is 29.5 Å². The summed E-state index contributed by atoms with van der Waals surface area (Å²) in [5.74, 6) is 1.47. The molecule has 0 saturated carbocycles. The van der Waals surface area contributed by atoms with Gasteiger partial charge in [0.2, 0.25) is 0 Å². The third-order valence-corrected chi connectivity index (χ3v) is 5.38. The molecule has 0 unspecified atom stereocenters. The van der Waals surface area contributed by atoms with Crippen LogP contribution in [0.25, 0.3) is 5.65 Å². The van der Waals surface area contributed by atoms with Gasteiger partial charge in [-0.05, 0) is 43.3 Å². The number of aryl methyl sites for hydroxylation is 1. The zero-order chi connectivity index (χ0) is 21.2. The molecule has 0 aliphatic carbocycles. The maximum atomic E-state index is 13.2. The Balaban J connectivity index is 1.24. The van der Waals surface area contributed by atoms with E-state index in [4.69, 9.17) is 0 Å². The first-order valence-electron chi connectivity index (χ1n) is 10.2. The van der Waals surface area contributed by atoms with E-state index >= 15 is 0 Å². The lowest BCUT2D eigenvalue weighted by molar-refractivity contribution is 0.0738. The number of nitrogens with one attached hydrogen (secondary N) is 1. The molecule has 0 aromatic carbocycles. The Labute approximate surface area is 179 Å². The topological polar surface area (TPSA) is 91.6 Å². The Morgan fingerprint density at radius 2 is 1.87 bits per heavy atom. The van der Waals surface area contributed by atoms with E-state index in [1.165, 1.54) is 0 Å². The summed E-state index contributed by atoms with van der Waals surface area (Å²) < 4.78 is 1.86. The van der Waals surface area contributed by atoms with Crippen LogP contribution in [-0.4, -0.2) is 61.6 Å². The van der Waals surface area contributed by atoms with Crippen LogP contribution < -0.4 is 10.2 Å². The number of pyridine rings is 2. The Morgan fingerprint density at radius 1 is 1.00 bits per heavy atom. The van der Waals surface area contributed by atoms with E-state index < -0.39 is 0 Å². The van der Waals surface area contributed by atoms with Gasteiger partial charge in [0.05, 0.1) is 17.6 Å². The van der Waals surface area contributed by atoms with Crippen LogP contribution in [0.15, 0.2) is 61.1 Å². The normalized spacial score (nSPS) is 14.1. The first-order chi connectivity index (χ1) is 15.2. The van der Waals surface area contributed by atoms with Gasteiger partial charge in [0.1, 0.15) is 11.3 Å². The number of piperazine rings is 1. The average Bonchev–Trinajstić information content (AvgIpc) is 3.15. The predicted molar refractivity (Wildman–Crippen MR) is 118 cm³/mol. The molecule has 0 radical (unpaired) electrons. The van der Waals surface area contributed by atoms with Gasteiger partial charge in [-0.25, -0.2) is 4.98 Å². The summed E-state index contributed by atoms with van der Waals surface area (Å²) in [5, 5.41) is 11.8. The van der Waals surface area contributed by atoms with Crippen LogP contribution in [0.5, 0.6) is 0 Å². The van der Waals surface area contributed by atoms with Crippen molar-refractivity contribution in [3.8, 4) is 0 Å². The molecule has 4 aromatic rings. The lowest BCUT2D eigenvalue weighted by Gasteiger charge is -2.35. The standard InChI is InChI=1S/C22H22N8O/c1-16-21(30-10-3-2-6-19(30)24-16)22(31)29-13-11-28(12-14-29)20-8-7-18(26-27-20)25-17-5-4-9-23-15-17/h2-10,15H,11-14H2,1H3,(H,25,26). The molecule has 1 aliphatic heterocycles. The molecule has 1 aliphatic rings. The van der Waals surface area contributed by atoms with Gasteiger partial charge in [0.25, 0.3) is 5.91 Å². The van der Waals surface area contributed by atoms with Crippen LogP contribution in [0, 0.1) is 6.92 Å². The van der Waals surface area contributed by atoms with Crippen molar-refractivity contribution in [1.29, 1.82) is 0 Å². The summed E-state index contributed by atoms with van der Waals surface area (Å²) in [5.41, 5.74) is 3.03. The quantitative estimate of drug-likeness (QED) is 0.549. The first kappa shape index (κ1) is 19.0. The van der Waals surface area contributed by atoms with Gasteiger partial charge in [-0.15, -0.1) is 10.2 Å². The fourth-order valence-corrected chi connectivity index (χ4v) is 3.80. The second-order valence-corrected chi connectivity index (χ2v) is 7.40. The molecular formula is C22H22N8O. The second-order valence-electron chi connectivity index (χ2n) is 7.40. The minimum atomic E-state index is 0.0120. The first-order valence-corrected chi connectivity index (χ1v) is 10.2. The number of imidazole rings is 1. The molecule has 0 atom stereocenters. The summed E-state index contributed by atoms with van der Waals surface area (Å²) in [6.07, 6.45) is 5.34. The maximum Gasteiger partial charge on any atom is 0.272 e. The molecule has 9 nitrogen and oxygen atoms in total. The van der Waals surface area contributed by atoms with Crippen LogP contribution >= 0.6 is 0 Å². The molecule has 156 valence electrons. The van der Waals surface area contributed by atoms with E-state index in [9.17, 15) is 4.79 Å². The number of hydrogen-bond donors (Lipinski definition) is 1. The fourth-order valence-electron chi connectivity index (χ4n) is 3.80.